The Kier molecular flexibility index (Phi) is 6.68. The highest BCUT2D eigenvalue weighted by atomic mass is 32.2. The molecule has 0 atom stereocenters. The van der Waals surface area contributed by atoms with Crippen LogP contribution in [0.25, 0.3) is 0 Å². The number of hydrogen-bond acceptors (Lipinski definition) is 8. The molecular weight excluding hydrogens is 384 g/mol. The van der Waals surface area contributed by atoms with Crippen molar-refractivity contribution in [1.29, 1.82) is 0 Å². The van der Waals surface area contributed by atoms with Gasteiger partial charge in [0.25, 0.3) is 0 Å². The molecule has 0 fully saturated rings. The molecule has 150 valence electrons. The molecule has 0 saturated heterocycles. The predicted molar refractivity (Wildman–Crippen MR) is 108 cm³/mol. The summed E-state index contributed by atoms with van der Waals surface area (Å²) in [6, 6.07) is 6.29. The molecule has 0 unspecified atom stereocenters. The Morgan fingerprint density at radius 3 is 2.68 bits per heavy atom. The Morgan fingerprint density at radius 1 is 1.36 bits per heavy atom. The number of carbonyl (C=O) groups is 1. The minimum absolute atomic E-state index is 0.0159. The molecule has 2 aromatic rings. The Labute approximate surface area is 166 Å². The second kappa shape index (κ2) is 8.79. The van der Waals surface area contributed by atoms with Gasteiger partial charge in [0.15, 0.2) is 0 Å². The van der Waals surface area contributed by atoms with Gasteiger partial charge in [-0.3, -0.25) is 15.4 Å². The average Bonchev–Trinajstić information content (AvgIpc) is 2.55. The molecule has 1 aromatic heterocycles. The van der Waals surface area contributed by atoms with Crippen molar-refractivity contribution >= 4 is 35.0 Å². The highest BCUT2D eigenvalue weighted by Crippen LogP contribution is 2.37. The molecular formula is C18H22N4O5S. The molecule has 0 saturated carbocycles. The average molecular weight is 406 g/mol. The molecule has 0 aliphatic carbocycles. The fourth-order valence-corrected chi connectivity index (χ4v) is 2.99. The summed E-state index contributed by atoms with van der Waals surface area (Å²) in [5.74, 6) is 0.862. The van der Waals surface area contributed by atoms with Gasteiger partial charge in [0, 0.05) is 17.2 Å². The number of benzene rings is 1. The van der Waals surface area contributed by atoms with Crippen LogP contribution in [0, 0.1) is 10.1 Å². The Morgan fingerprint density at radius 2 is 2.07 bits per heavy atom. The number of nitrogens with two attached hydrogens (primary N) is 1. The van der Waals surface area contributed by atoms with Gasteiger partial charge in [-0.15, -0.1) is 11.8 Å². The molecule has 0 radical (unpaired) electrons. The minimum Gasteiger partial charge on any atom is -0.450 e. The molecule has 28 heavy (non-hydrogen) atoms. The van der Waals surface area contributed by atoms with E-state index in [-0.39, 0.29) is 11.6 Å². The monoisotopic (exact) mass is 406 g/mol. The van der Waals surface area contributed by atoms with E-state index in [1.807, 2.05) is 6.92 Å². The van der Waals surface area contributed by atoms with E-state index in [0.717, 1.165) is 10.6 Å². The summed E-state index contributed by atoms with van der Waals surface area (Å²) in [4.78, 5) is 27.1. The van der Waals surface area contributed by atoms with Crippen LogP contribution in [0.3, 0.4) is 0 Å². The number of amides is 1. The smallest absolute Gasteiger partial charge is 0.412 e. The van der Waals surface area contributed by atoms with Crippen molar-refractivity contribution in [3.63, 3.8) is 0 Å². The van der Waals surface area contributed by atoms with E-state index in [9.17, 15) is 14.9 Å². The zero-order valence-electron chi connectivity index (χ0n) is 16.0. The van der Waals surface area contributed by atoms with E-state index in [0.29, 0.717) is 11.4 Å². The third-order valence-electron chi connectivity index (χ3n) is 3.21. The van der Waals surface area contributed by atoms with Gasteiger partial charge >= 0.3 is 11.8 Å². The highest BCUT2D eigenvalue weighted by Gasteiger charge is 2.22. The molecule has 2 rings (SSSR count). The van der Waals surface area contributed by atoms with Gasteiger partial charge in [-0.2, -0.15) is 0 Å². The maximum Gasteiger partial charge on any atom is 0.412 e. The number of nitro groups is 1. The second-order valence-electron chi connectivity index (χ2n) is 6.62. The van der Waals surface area contributed by atoms with Crippen LogP contribution in [0.2, 0.25) is 0 Å². The lowest BCUT2D eigenvalue weighted by molar-refractivity contribution is -0.384. The fraction of sp³-hybridized carbons (Fsp3) is 0.333. The van der Waals surface area contributed by atoms with E-state index >= 15 is 0 Å². The highest BCUT2D eigenvalue weighted by molar-refractivity contribution is 7.99. The van der Waals surface area contributed by atoms with Crippen molar-refractivity contribution in [2.75, 3.05) is 16.8 Å². The van der Waals surface area contributed by atoms with E-state index in [2.05, 4.69) is 10.3 Å². The lowest BCUT2D eigenvalue weighted by Gasteiger charge is -2.20. The Bertz CT molecular complexity index is 883. The summed E-state index contributed by atoms with van der Waals surface area (Å²) in [5, 5.41) is 13.9. The van der Waals surface area contributed by atoms with Crippen LogP contribution in [-0.2, 0) is 4.74 Å². The summed E-state index contributed by atoms with van der Waals surface area (Å²) < 4.78 is 10.9. The summed E-state index contributed by atoms with van der Waals surface area (Å²) in [5.41, 5.74) is 5.12. The van der Waals surface area contributed by atoms with Crippen molar-refractivity contribution < 1.29 is 19.2 Å². The number of anilines is 2. The maximum atomic E-state index is 12.0. The van der Waals surface area contributed by atoms with Crippen LogP contribution in [0.15, 0.2) is 35.4 Å². The summed E-state index contributed by atoms with van der Waals surface area (Å²) in [7, 11) is 0. The third kappa shape index (κ3) is 5.74. The topological polar surface area (TPSA) is 130 Å². The maximum absolute atomic E-state index is 12.0. The number of thioether (sulfide) groups is 1. The quantitative estimate of drug-likeness (QED) is 0.396. The van der Waals surface area contributed by atoms with Crippen molar-refractivity contribution in [3.8, 4) is 11.5 Å². The lowest BCUT2D eigenvalue weighted by atomic mass is 10.2. The van der Waals surface area contributed by atoms with E-state index < -0.39 is 22.3 Å². The lowest BCUT2D eigenvalue weighted by Crippen LogP contribution is -2.27. The Balaban J connectivity index is 2.29. The van der Waals surface area contributed by atoms with Crippen LogP contribution < -0.4 is 15.8 Å². The first-order chi connectivity index (χ1) is 13.1. The molecule has 0 aliphatic rings. The number of nitrogens with zero attached hydrogens (tertiary/aromatic N) is 2. The SMILES string of the molecule is CCSc1cc(Oc2ccnc(N)c2[N+](=O)[O-])ccc1NC(=O)OC(C)(C)C. The van der Waals surface area contributed by atoms with Gasteiger partial charge in [-0.25, -0.2) is 9.78 Å². The van der Waals surface area contributed by atoms with Gasteiger partial charge in [0.2, 0.25) is 11.6 Å². The van der Waals surface area contributed by atoms with Gasteiger partial charge < -0.3 is 15.2 Å². The zero-order chi connectivity index (χ0) is 20.9. The largest absolute Gasteiger partial charge is 0.450 e. The summed E-state index contributed by atoms with van der Waals surface area (Å²) >= 11 is 1.48. The molecule has 10 heteroatoms. The minimum atomic E-state index is -0.641. The van der Waals surface area contributed by atoms with Crippen LogP contribution in [0.5, 0.6) is 11.5 Å². The number of nitrogens with one attached hydrogen (secondary N) is 1. The van der Waals surface area contributed by atoms with Gasteiger partial charge in [0.1, 0.15) is 11.4 Å². The van der Waals surface area contributed by atoms with E-state index in [1.165, 1.54) is 24.0 Å². The molecule has 9 nitrogen and oxygen atoms in total. The molecule has 1 amide bonds. The molecule has 0 bridgehead atoms. The molecule has 0 aliphatic heterocycles. The Hall–Kier alpha value is -3.01. The van der Waals surface area contributed by atoms with Crippen LogP contribution in [-0.4, -0.2) is 27.4 Å². The van der Waals surface area contributed by atoms with Gasteiger partial charge in [0.05, 0.1) is 10.6 Å². The van der Waals surface area contributed by atoms with Crippen LogP contribution in [0.1, 0.15) is 27.7 Å². The first kappa shape index (κ1) is 21.3. The van der Waals surface area contributed by atoms with Gasteiger partial charge in [-0.05, 0) is 44.7 Å². The zero-order valence-corrected chi connectivity index (χ0v) is 16.8. The number of pyridine rings is 1. The van der Waals surface area contributed by atoms with Crippen LogP contribution in [0.4, 0.5) is 22.0 Å². The summed E-state index contributed by atoms with van der Waals surface area (Å²) in [6.45, 7) is 7.29. The molecule has 1 aromatic carbocycles. The molecule has 3 N–H and O–H groups in total. The number of hydrogen-bond donors (Lipinski definition) is 2. The van der Waals surface area contributed by atoms with Crippen molar-refractivity contribution in [2.24, 2.45) is 0 Å². The summed E-state index contributed by atoms with van der Waals surface area (Å²) in [6.07, 6.45) is 0.759. The van der Waals surface area contributed by atoms with E-state index in [4.69, 9.17) is 15.2 Å². The fourth-order valence-electron chi connectivity index (χ4n) is 2.20. The van der Waals surface area contributed by atoms with Crippen molar-refractivity contribution in [3.05, 3.63) is 40.6 Å². The number of aromatic nitrogens is 1. The number of ether oxygens (including phenoxy) is 2. The molecule has 0 spiro atoms. The van der Waals surface area contributed by atoms with Crippen molar-refractivity contribution in [1.82, 2.24) is 4.98 Å². The number of nitrogen functional groups attached to an aromatic ring is 1. The second-order valence-corrected chi connectivity index (χ2v) is 7.93. The van der Waals surface area contributed by atoms with Crippen LogP contribution >= 0.6 is 11.8 Å². The first-order valence-corrected chi connectivity index (χ1v) is 9.43. The van der Waals surface area contributed by atoms with E-state index in [1.54, 1.807) is 39.0 Å². The third-order valence-corrected chi connectivity index (χ3v) is 4.15. The normalized spacial score (nSPS) is 11.0. The first-order valence-electron chi connectivity index (χ1n) is 8.44. The number of carbonyl (C=O) groups excluding carboxylic acids is 1. The predicted octanol–water partition coefficient (Wildman–Crippen LogP) is 4.82. The number of rotatable bonds is 6. The van der Waals surface area contributed by atoms with Crippen molar-refractivity contribution in [2.45, 2.75) is 38.2 Å². The molecule has 1 heterocycles. The standard InChI is InChI=1S/C18H22N4O5S/c1-5-28-14-10-11(6-7-12(14)21-17(23)27-18(2,3)4)26-13-8-9-20-16(19)15(13)22(24)25/h6-10H,5H2,1-4H3,(H2,19,20)(H,21,23). The van der Waals surface area contributed by atoms with Gasteiger partial charge in [-0.1, -0.05) is 6.92 Å².